The highest BCUT2D eigenvalue weighted by Crippen LogP contribution is 2.29. The van der Waals surface area contributed by atoms with Crippen molar-refractivity contribution in [3.05, 3.63) is 35.9 Å². The van der Waals surface area contributed by atoms with E-state index in [1.54, 1.807) is 0 Å². The van der Waals surface area contributed by atoms with Crippen LogP contribution in [-0.2, 0) is 19.1 Å². The van der Waals surface area contributed by atoms with Gasteiger partial charge in [0.1, 0.15) is 17.9 Å². The number of esters is 1. The Morgan fingerprint density at radius 2 is 1.96 bits per heavy atom. The summed E-state index contributed by atoms with van der Waals surface area (Å²) in [6.07, 6.45) is 3.15. The van der Waals surface area contributed by atoms with Gasteiger partial charge in [-0.25, -0.2) is 4.79 Å². The molecule has 124 valence electrons. The summed E-state index contributed by atoms with van der Waals surface area (Å²) in [5.74, 6) is -0.922. The van der Waals surface area contributed by atoms with Crippen LogP contribution in [0.5, 0.6) is 0 Å². The molecule has 1 aromatic carbocycles. The molecule has 0 bridgehead atoms. The zero-order valence-corrected chi connectivity index (χ0v) is 13.4. The third-order valence-electron chi connectivity index (χ3n) is 3.92. The van der Waals surface area contributed by atoms with Crippen molar-refractivity contribution in [2.75, 3.05) is 0 Å². The van der Waals surface area contributed by atoms with Crippen LogP contribution >= 0.6 is 0 Å². The molecule has 1 heterocycles. The standard InChI is InChI=1S/C18H23NO4/c1-2-3-5-10-14(20)11-17(21)19-15-12-16(23-18(15)22)13-8-6-4-7-9-13/h4,6-9,15-16H,2-3,5,10-12H2,1H3,(H,19,21)/t15-,16+/m0/s1. The Balaban J connectivity index is 1.80. The number of ketones is 1. The second-order valence-electron chi connectivity index (χ2n) is 5.86. The van der Waals surface area contributed by atoms with Gasteiger partial charge >= 0.3 is 5.97 Å². The molecule has 0 aliphatic carbocycles. The maximum atomic E-state index is 11.9. The van der Waals surface area contributed by atoms with E-state index in [0.29, 0.717) is 12.8 Å². The minimum atomic E-state index is -0.670. The van der Waals surface area contributed by atoms with E-state index in [9.17, 15) is 14.4 Å². The maximum Gasteiger partial charge on any atom is 0.329 e. The lowest BCUT2D eigenvalue weighted by atomic mass is 10.0. The molecule has 2 rings (SSSR count). The van der Waals surface area contributed by atoms with Gasteiger partial charge in [-0.05, 0) is 12.0 Å². The van der Waals surface area contributed by atoms with Crippen LogP contribution in [0.3, 0.4) is 0 Å². The number of carbonyl (C=O) groups is 3. The number of ether oxygens (including phenoxy) is 1. The first-order chi connectivity index (χ1) is 11.1. The minimum Gasteiger partial charge on any atom is -0.456 e. The van der Waals surface area contributed by atoms with Gasteiger partial charge in [-0.15, -0.1) is 0 Å². The number of cyclic esters (lactones) is 1. The molecule has 0 spiro atoms. The topological polar surface area (TPSA) is 72.5 Å². The molecule has 1 aliphatic heterocycles. The van der Waals surface area contributed by atoms with E-state index in [4.69, 9.17) is 4.74 Å². The van der Waals surface area contributed by atoms with Gasteiger partial charge in [0.05, 0.1) is 6.42 Å². The third kappa shape index (κ3) is 5.20. The first kappa shape index (κ1) is 17.2. The zero-order valence-electron chi connectivity index (χ0n) is 13.4. The van der Waals surface area contributed by atoms with Gasteiger partial charge in [0, 0.05) is 12.8 Å². The second-order valence-corrected chi connectivity index (χ2v) is 5.86. The highest BCUT2D eigenvalue weighted by Gasteiger charge is 2.36. The van der Waals surface area contributed by atoms with E-state index in [1.165, 1.54) is 0 Å². The first-order valence-electron chi connectivity index (χ1n) is 8.16. The van der Waals surface area contributed by atoms with Gasteiger partial charge in [-0.2, -0.15) is 0 Å². The molecule has 2 atom stereocenters. The molecule has 0 saturated carbocycles. The van der Waals surface area contributed by atoms with Crippen molar-refractivity contribution in [2.45, 2.75) is 57.6 Å². The largest absolute Gasteiger partial charge is 0.456 e. The minimum absolute atomic E-state index is 0.0816. The molecule has 1 amide bonds. The SMILES string of the molecule is CCCCCC(=O)CC(=O)N[C@H]1C[C@H](c2ccccc2)OC1=O. The fraction of sp³-hybridized carbons (Fsp3) is 0.500. The summed E-state index contributed by atoms with van der Waals surface area (Å²) in [6.45, 7) is 2.06. The number of amides is 1. The van der Waals surface area contributed by atoms with Gasteiger partial charge in [0.2, 0.25) is 5.91 Å². The Kier molecular flexibility index (Phi) is 6.32. The van der Waals surface area contributed by atoms with Crippen LogP contribution in [0.25, 0.3) is 0 Å². The fourth-order valence-corrected chi connectivity index (χ4v) is 2.66. The van der Waals surface area contributed by atoms with E-state index in [-0.39, 0.29) is 18.3 Å². The van der Waals surface area contributed by atoms with Crippen molar-refractivity contribution >= 4 is 17.7 Å². The molecule has 1 aromatic rings. The number of hydrogen-bond acceptors (Lipinski definition) is 4. The summed E-state index contributed by atoms with van der Waals surface area (Å²) < 4.78 is 5.31. The molecule has 1 fully saturated rings. The quantitative estimate of drug-likeness (QED) is 0.454. The van der Waals surface area contributed by atoms with E-state index < -0.39 is 17.9 Å². The normalized spacial score (nSPS) is 20.1. The van der Waals surface area contributed by atoms with Crippen molar-refractivity contribution in [3.63, 3.8) is 0 Å². The Hall–Kier alpha value is -2.17. The number of carbonyl (C=O) groups excluding carboxylic acids is 3. The Morgan fingerprint density at radius 1 is 1.22 bits per heavy atom. The van der Waals surface area contributed by atoms with Crippen molar-refractivity contribution in [2.24, 2.45) is 0 Å². The van der Waals surface area contributed by atoms with Crippen LogP contribution in [0.2, 0.25) is 0 Å². The first-order valence-corrected chi connectivity index (χ1v) is 8.16. The summed E-state index contributed by atoms with van der Waals surface area (Å²) in [4.78, 5) is 35.5. The Labute approximate surface area is 136 Å². The fourth-order valence-electron chi connectivity index (χ4n) is 2.66. The molecular weight excluding hydrogens is 294 g/mol. The summed E-state index contributed by atoms with van der Waals surface area (Å²) in [7, 11) is 0. The van der Waals surface area contributed by atoms with E-state index in [2.05, 4.69) is 12.2 Å². The number of rotatable bonds is 8. The summed E-state index contributed by atoms with van der Waals surface area (Å²) >= 11 is 0. The predicted octanol–water partition coefficient (Wildman–Crippen LogP) is 2.70. The number of nitrogens with one attached hydrogen (secondary N) is 1. The van der Waals surface area contributed by atoms with E-state index >= 15 is 0 Å². The van der Waals surface area contributed by atoms with Crippen LogP contribution < -0.4 is 5.32 Å². The number of benzene rings is 1. The second kappa shape index (κ2) is 8.46. The zero-order chi connectivity index (χ0) is 16.7. The summed E-state index contributed by atoms with van der Waals surface area (Å²) in [6, 6.07) is 8.76. The van der Waals surface area contributed by atoms with Crippen LogP contribution in [0.1, 0.15) is 57.1 Å². The maximum absolute atomic E-state index is 11.9. The number of hydrogen-bond donors (Lipinski definition) is 1. The Bertz CT molecular complexity index is 555. The third-order valence-corrected chi connectivity index (χ3v) is 3.92. The van der Waals surface area contributed by atoms with Gasteiger partial charge in [0.15, 0.2) is 0 Å². The summed E-state index contributed by atoms with van der Waals surface area (Å²) in [5.41, 5.74) is 0.910. The average Bonchev–Trinajstić information content (AvgIpc) is 2.89. The van der Waals surface area contributed by atoms with Gasteiger partial charge in [-0.1, -0.05) is 50.1 Å². The molecule has 1 saturated heterocycles. The van der Waals surface area contributed by atoms with Crippen molar-refractivity contribution in [3.8, 4) is 0 Å². The van der Waals surface area contributed by atoms with Crippen LogP contribution in [0.15, 0.2) is 30.3 Å². The van der Waals surface area contributed by atoms with Crippen LogP contribution in [0, 0.1) is 0 Å². The van der Waals surface area contributed by atoms with Gasteiger partial charge in [-0.3, -0.25) is 9.59 Å². The van der Waals surface area contributed by atoms with Crippen molar-refractivity contribution in [1.82, 2.24) is 5.32 Å². The van der Waals surface area contributed by atoms with Crippen molar-refractivity contribution < 1.29 is 19.1 Å². The lowest BCUT2D eigenvalue weighted by Crippen LogP contribution is -2.38. The van der Waals surface area contributed by atoms with E-state index in [0.717, 1.165) is 24.8 Å². The molecule has 0 radical (unpaired) electrons. The number of unbranched alkanes of at least 4 members (excludes halogenated alkanes) is 2. The predicted molar refractivity (Wildman–Crippen MR) is 85.6 cm³/mol. The molecule has 5 nitrogen and oxygen atoms in total. The molecule has 0 aromatic heterocycles. The van der Waals surface area contributed by atoms with Crippen LogP contribution in [0.4, 0.5) is 0 Å². The molecular formula is C18H23NO4. The Morgan fingerprint density at radius 3 is 2.65 bits per heavy atom. The molecule has 23 heavy (non-hydrogen) atoms. The highest BCUT2D eigenvalue weighted by molar-refractivity contribution is 5.99. The molecule has 0 unspecified atom stereocenters. The van der Waals surface area contributed by atoms with E-state index in [1.807, 2.05) is 30.3 Å². The van der Waals surface area contributed by atoms with Gasteiger partial charge in [0.25, 0.3) is 0 Å². The van der Waals surface area contributed by atoms with Gasteiger partial charge < -0.3 is 10.1 Å². The highest BCUT2D eigenvalue weighted by atomic mass is 16.6. The molecule has 5 heteroatoms. The lowest BCUT2D eigenvalue weighted by molar-refractivity contribution is -0.144. The smallest absolute Gasteiger partial charge is 0.329 e. The average molecular weight is 317 g/mol. The van der Waals surface area contributed by atoms with Crippen LogP contribution in [-0.4, -0.2) is 23.7 Å². The van der Waals surface area contributed by atoms with Crippen molar-refractivity contribution in [1.29, 1.82) is 0 Å². The lowest BCUT2D eigenvalue weighted by Gasteiger charge is -2.09. The number of Topliss-reactive ketones (excluding diaryl/α,β-unsaturated/α-hetero) is 1. The monoisotopic (exact) mass is 317 g/mol. The molecule has 1 N–H and O–H groups in total. The summed E-state index contributed by atoms with van der Waals surface area (Å²) in [5, 5.41) is 2.62. The molecule has 1 aliphatic rings.